The van der Waals surface area contributed by atoms with Gasteiger partial charge in [-0.2, -0.15) is 4.37 Å². The second-order valence-electron chi connectivity index (χ2n) is 3.40. The molecule has 1 fully saturated rings. The molecule has 1 aromatic rings. The van der Waals surface area contributed by atoms with Crippen LogP contribution >= 0.6 is 23.3 Å². The van der Waals surface area contributed by atoms with Crippen molar-refractivity contribution in [1.29, 1.82) is 0 Å². The minimum Gasteiger partial charge on any atom is -0.480 e. The molecule has 2 amide bonds. The number of carbonyl (C=O) groups is 2. The SMILES string of the molecule is Cc1nsc(NC(=O)N2CSC[C@H]2C(=O)O)n1. The van der Waals surface area contributed by atoms with Gasteiger partial charge >= 0.3 is 12.0 Å². The number of nitrogens with one attached hydrogen (secondary N) is 1. The molecule has 0 saturated carbocycles. The molecule has 2 heterocycles. The number of aliphatic carboxylic acids is 1. The van der Waals surface area contributed by atoms with Crippen LogP contribution in [-0.4, -0.2) is 49.0 Å². The predicted octanol–water partition coefficient (Wildman–Crippen LogP) is 0.838. The molecule has 1 aliphatic heterocycles. The van der Waals surface area contributed by atoms with Gasteiger partial charge in [0.1, 0.15) is 11.9 Å². The summed E-state index contributed by atoms with van der Waals surface area (Å²) in [5.41, 5.74) is 0. The molecule has 0 radical (unpaired) electrons. The van der Waals surface area contributed by atoms with Gasteiger partial charge in [0, 0.05) is 17.3 Å². The summed E-state index contributed by atoms with van der Waals surface area (Å²) in [4.78, 5) is 28.0. The van der Waals surface area contributed by atoms with Gasteiger partial charge in [0.2, 0.25) is 5.13 Å². The second-order valence-corrected chi connectivity index (χ2v) is 5.15. The van der Waals surface area contributed by atoms with Gasteiger partial charge in [-0.05, 0) is 6.92 Å². The van der Waals surface area contributed by atoms with Crippen molar-refractivity contribution in [1.82, 2.24) is 14.3 Å². The van der Waals surface area contributed by atoms with Gasteiger partial charge in [-0.25, -0.2) is 14.6 Å². The fourth-order valence-electron chi connectivity index (χ4n) is 1.36. The second kappa shape index (κ2) is 4.88. The molecule has 0 aliphatic carbocycles. The first-order valence-electron chi connectivity index (χ1n) is 4.76. The lowest BCUT2D eigenvalue weighted by Crippen LogP contribution is -2.43. The van der Waals surface area contributed by atoms with Gasteiger partial charge in [0.15, 0.2) is 0 Å². The highest BCUT2D eigenvalue weighted by Crippen LogP contribution is 2.22. The van der Waals surface area contributed by atoms with E-state index < -0.39 is 18.0 Å². The first kappa shape index (κ1) is 12.1. The zero-order chi connectivity index (χ0) is 12.4. The van der Waals surface area contributed by atoms with E-state index >= 15 is 0 Å². The molecule has 0 bridgehead atoms. The summed E-state index contributed by atoms with van der Waals surface area (Å²) in [6.07, 6.45) is 0. The average molecular weight is 274 g/mol. The van der Waals surface area contributed by atoms with Crippen molar-refractivity contribution in [3.8, 4) is 0 Å². The molecular weight excluding hydrogens is 264 g/mol. The maximum Gasteiger partial charge on any atom is 0.327 e. The first-order chi connectivity index (χ1) is 8.08. The monoisotopic (exact) mass is 274 g/mol. The van der Waals surface area contributed by atoms with Crippen molar-refractivity contribution >= 4 is 40.4 Å². The molecule has 17 heavy (non-hydrogen) atoms. The Kier molecular flexibility index (Phi) is 3.48. The predicted molar refractivity (Wildman–Crippen MR) is 64.3 cm³/mol. The molecule has 0 spiro atoms. The Hall–Kier alpha value is -1.35. The molecule has 2 rings (SSSR count). The fraction of sp³-hybridized carbons (Fsp3) is 0.500. The molecule has 1 saturated heterocycles. The van der Waals surface area contributed by atoms with E-state index in [-0.39, 0.29) is 0 Å². The molecule has 1 atom stereocenters. The molecular formula is C8H10N4O3S2. The van der Waals surface area contributed by atoms with Gasteiger partial charge in [0.25, 0.3) is 0 Å². The Bertz CT molecular complexity index is 450. The summed E-state index contributed by atoms with van der Waals surface area (Å²) in [7, 11) is 0. The fourth-order valence-corrected chi connectivity index (χ4v) is 3.07. The van der Waals surface area contributed by atoms with E-state index in [1.54, 1.807) is 6.92 Å². The number of aryl methyl sites for hydroxylation is 1. The lowest BCUT2D eigenvalue weighted by molar-refractivity contribution is -0.140. The van der Waals surface area contributed by atoms with Crippen molar-refractivity contribution in [2.75, 3.05) is 16.9 Å². The highest BCUT2D eigenvalue weighted by atomic mass is 32.2. The topological polar surface area (TPSA) is 95.4 Å². The number of carboxylic acids is 1. The Morgan fingerprint density at radius 2 is 2.35 bits per heavy atom. The van der Waals surface area contributed by atoms with Crippen LogP contribution in [0.4, 0.5) is 9.93 Å². The van der Waals surface area contributed by atoms with Crippen molar-refractivity contribution in [3.05, 3.63) is 5.82 Å². The van der Waals surface area contributed by atoms with Crippen LogP contribution in [0.15, 0.2) is 0 Å². The number of amides is 2. The minimum atomic E-state index is -0.987. The van der Waals surface area contributed by atoms with E-state index in [1.165, 1.54) is 16.7 Å². The Labute approximate surface area is 105 Å². The minimum absolute atomic E-state index is 0.376. The summed E-state index contributed by atoms with van der Waals surface area (Å²) in [6, 6.07) is -1.22. The number of hydrogen-bond donors (Lipinski definition) is 2. The van der Waals surface area contributed by atoms with Gasteiger partial charge < -0.3 is 10.0 Å². The largest absolute Gasteiger partial charge is 0.480 e. The molecule has 92 valence electrons. The van der Waals surface area contributed by atoms with Crippen LogP contribution in [0.5, 0.6) is 0 Å². The van der Waals surface area contributed by atoms with Crippen LogP contribution in [0.25, 0.3) is 0 Å². The summed E-state index contributed by atoms with van der Waals surface area (Å²) < 4.78 is 3.93. The highest BCUT2D eigenvalue weighted by molar-refractivity contribution is 7.99. The summed E-state index contributed by atoms with van der Waals surface area (Å²) in [5.74, 6) is 0.382. The molecule has 0 aromatic carbocycles. The standard InChI is InChI=1S/C8H10N4O3S2/c1-4-9-7(17-11-4)10-8(15)12-3-16-2-5(12)6(13)14/h5H,2-3H2,1H3,(H,13,14)(H,9,10,11,15)/t5-/m0/s1. The Morgan fingerprint density at radius 3 is 2.94 bits per heavy atom. The Balaban J connectivity index is 2.02. The highest BCUT2D eigenvalue weighted by Gasteiger charge is 2.34. The number of rotatable bonds is 2. The number of anilines is 1. The van der Waals surface area contributed by atoms with E-state index in [1.807, 2.05) is 0 Å². The maximum atomic E-state index is 11.8. The molecule has 0 unspecified atom stereocenters. The third-order valence-electron chi connectivity index (χ3n) is 2.17. The van der Waals surface area contributed by atoms with Crippen LogP contribution in [0, 0.1) is 6.92 Å². The molecule has 1 aliphatic rings. The van der Waals surface area contributed by atoms with Crippen molar-refractivity contribution < 1.29 is 14.7 Å². The zero-order valence-electron chi connectivity index (χ0n) is 8.91. The van der Waals surface area contributed by atoms with Gasteiger partial charge in [-0.1, -0.05) is 0 Å². The van der Waals surface area contributed by atoms with E-state index in [9.17, 15) is 9.59 Å². The number of urea groups is 1. The van der Waals surface area contributed by atoms with Crippen molar-refractivity contribution in [2.24, 2.45) is 0 Å². The van der Waals surface area contributed by atoms with Crippen LogP contribution < -0.4 is 5.32 Å². The maximum absolute atomic E-state index is 11.8. The van der Waals surface area contributed by atoms with Crippen molar-refractivity contribution in [2.45, 2.75) is 13.0 Å². The number of nitrogens with zero attached hydrogens (tertiary/aromatic N) is 3. The summed E-state index contributed by atoms with van der Waals surface area (Å²) >= 11 is 2.49. The average Bonchev–Trinajstić information content (AvgIpc) is 2.86. The third kappa shape index (κ3) is 2.67. The van der Waals surface area contributed by atoms with Gasteiger partial charge in [0.05, 0.1) is 5.88 Å². The number of thioether (sulfide) groups is 1. The lowest BCUT2D eigenvalue weighted by atomic mass is 10.3. The van der Waals surface area contributed by atoms with Crippen LogP contribution in [0.3, 0.4) is 0 Å². The Morgan fingerprint density at radius 1 is 1.59 bits per heavy atom. The van der Waals surface area contributed by atoms with E-state index in [0.717, 1.165) is 11.5 Å². The normalized spacial score (nSPS) is 19.4. The van der Waals surface area contributed by atoms with Crippen molar-refractivity contribution in [3.63, 3.8) is 0 Å². The summed E-state index contributed by atoms with van der Waals surface area (Å²) in [6.45, 7) is 1.72. The van der Waals surface area contributed by atoms with Crippen LogP contribution in [0.2, 0.25) is 0 Å². The zero-order valence-corrected chi connectivity index (χ0v) is 10.5. The van der Waals surface area contributed by atoms with Crippen LogP contribution in [-0.2, 0) is 4.79 Å². The molecule has 9 heteroatoms. The van der Waals surface area contributed by atoms with E-state index in [4.69, 9.17) is 5.11 Å². The number of carboxylic acid groups (broad SMARTS) is 1. The van der Waals surface area contributed by atoms with Crippen LogP contribution in [0.1, 0.15) is 5.82 Å². The van der Waals surface area contributed by atoms with Gasteiger partial charge in [-0.3, -0.25) is 5.32 Å². The molecule has 2 N–H and O–H groups in total. The summed E-state index contributed by atoms with van der Waals surface area (Å²) in [5, 5.41) is 11.9. The number of aromatic nitrogens is 2. The molecule has 7 nitrogen and oxygen atoms in total. The third-order valence-corrected chi connectivity index (χ3v) is 3.90. The number of carbonyl (C=O) groups excluding carboxylic acids is 1. The quantitative estimate of drug-likeness (QED) is 0.829. The van der Waals surface area contributed by atoms with E-state index in [2.05, 4.69) is 14.7 Å². The molecule has 1 aromatic heterocycles. The first-order valence-corrected chi connectivity index (χ1v) is 6.69. The smallest absolute Gasteiger partial charge is 0.327 e. The number of hydrogen-bond acceptors (Lipinski definition) is 6. The lowest BCUT2D eigenvalue weighted by Gasteiger charge is -2.19. The van der Waals surface area contributed by atoms with E-state index in [0.29, 0.717) is 22.6 Å². The van der Waals surface area contributed by atoms with Gasteiger partial charge in [-0.15, -0.1) is 11.8 Å².